The highest BCUT2D eigenvalue weighted by atomic mass is 31.2. The van der Waals surface area contributed by atoms with E-state index in [2.05, 4.69) is 32.6 Å². The van der Waals surface area contributed by atoms with Crippen LogP contribution in [0.2, 0.25) is 0 Å². The van der Waals surface area contributed by atoms with Crippen molar-refractivity contribution in [3.8, 4) is 0 Å². The second-order valence-electron chi connectivity index (χ2n) is 8.31. The third-order valence-electron chi connectivity index (χ3n) is 5.87. The van der Waals surface area contributed by atoms with Crippen LogP contribution in [0, 0.1) is 0 Å². The minimum absolute atomic E-state index is 0.0780. The molecule has 0 radical (unpaired) electrons. The minimum atomic E-state index is -4.26. The summed E-state index contributed by atoms with van der Waals surface area (Å²) in [7, 11) is -4.26. The second kappa shape index (κ2) is 14.0. The van der Waals surface area contributed by atoms with Gasteiger partial charge in [-0.1, -0.05) is 84.4 Å². The summed E-state index contributed by atoms with van der Waals surface area (Å²) in [5, 5.41) is 0. The van der Waals surface area contributed by atoms with Gasteiger partial charge in [-0.15, -0.1) is 0 Å². The fourth-order valence-electron chi connectivity index (χ4n) is 4.20. The standard InChI is InChI=1S/C24H42NO4P/c1-5-9-11-16-21(7-3)25(22(8-4)17-12-10-6-2)24(26)23-18-14-13-15-20(23)19-30(27,28)29/h13-15,18,21-22H,5-12,16-17,19H2,1-4H3,(H2,27,28,29). The Balaban J connectivity index is 3.28. The number of hydrogen-bond donors (Lipinski definition) is 2. The maximum Gasteiger partial charge on any atom is 0.329 e. The van der Waals surface area contributed by atoms with Crippen LogP contribution in [0.25, 0.3) is 0 Å². The Hall–Kier alpha value is -1.16. The van der Waals surface area contributed by atoms with Gasteiger partial charge >= 0.3 is 7.60 Å². The van der Waals surface area contributed by atoms with Crippen molar-refractivity contribution in [2.24, 2.45) is 0 Å². The Morgan fingerprint density at radius 1 is 0.900 bits per heavy atom. The predicted molar refractivity (Wildman–Crippen MR) is 125 cm³/mol. The first-order valence-electron chi connectivity index (χ1n) is 11.7. The van der Waals surface area contributed by atoms with E-state index in [-0.39, 0.29) is 18.0 Å². The summed E-state index contributed by atoms with van der Waals surface area (Å²) in [6.07, 6.45) is 10.1. The van der Waals surface area contributed by atoms with E-state index in [1.807, 2.05) is 0 Å². The van der Waals surface area contributed by atoms with E-state index < -0.39 is 13.8 Å². The largest absolute Gasteiger partial charge is 0.333 e. The molecule has 2 unspecified atom stereocenters. The quantitative estimate of drug-likeness (QED) is 0.241. The lowest BCUT2D eigenvalue weighted by molar-refractivity contribution is 0.0520. The molecule has 5 nitrogen and oxygen atoms in total. The number of benzene rings is 1. The fourth-order valence-corrected chi connectivity index (χ4v) is 4.92. The summed E-state index contributed by atoms with van der Waals surface area (Å²) in [5.41, 5.74) is 0.872. The molecule has 1 amide bonds. The first kappa shape index (κ1) is 26.9. The molecular weight excluding hydrogens is 397 g/mol. The third-order valence-corrected chi connectivity index (χ3v) is 6.62. The van der Waals surface area contributed by atoms with Crippen molar-refractivity contribution >= 4 is 13.5 Å². The van der Waals surface area contributed by atoms with Crippen molar-refractivity contribution < 1.29 is 19.1 Å². The lowest BCUT2D eigenvalue weighted by Gasteiger charge is -2.38. The van der Waals surface area contributed by atoms with Crippen LogP contribution in [0.15, 0.2) is 24.3 Å². The van der Waals surface area contributed by atoms with E-state index in [0.29, 0.717) is 11.1 Å². The second-order valence-corrected chi connectivity index (χ2v) is 9.95. The Kier molecular flexibility index (Phi) is 12.5. The highest BCUT2D eigenvalue weighted by Gasteiger charge is 2.31. The molecule has 0 saturated carbocycles. The van der Waals surface area contributed by atoms with Crippen molar-refractivity contribution in [1.29, 1.82) is 0 Å². The normalized spacial score (nSPS) is 13.8. The molecule has 2 atom stereocenters. The lowest BCUT2D eigenvalue weighted by atomic mass is 9.96. The molecular formula is C24H42NO4P. The number of nitrogens with zero attached hydrogens (tertiary/aromatic N) is 1. The molecule has 2 N–H and O–H groups in total. The smallest absolute Gasteiger partial charge is 0.329 e. The van der Waals surface area contributed by atoms with Gasteiger partial charge in [-0.2, -0.15) is 0 Å². The Labute approximate surface area is 183 Å². The molecule has 30 heavy (non-hydrogen) atoms. The number of rotatable bonds is 15. The topological polar surface area (TPSA) is 77.8 Å². The molecule has 1 aromatic rings. The number of hydrogen-bond acceptors (Lipinski definition) is 2. The zero-order valence-corrected chi connectivity index (χ0v) is 20.2. The average molecular weight is 440 g/mol. The predicted octanol–water partition coefficient (Wildman–Crippen LogP) is 6.52. The Bertz CT molecular complexity index is 655. The first-order valence-corrected chi connectivity index (χ1v) is 13.5. The number of carbonyl (C=O) groups is 1. The molecule has 1 rings (SSSR count). The van der Waals surface area contributed by atoms with Gasteiger partial charge in [0.25, 0.3) is 5.91 Å². The fraction of sp³-hybridized carbons (Fsp3) is 0.708. The summed E-state index contributed by atoms with van der Waals surface area (Å²) in [6.45, 7) is 8.64. The average Bonchev–Trinajstić information content (AvgIpc) is 2.70. The summed E-state index contributed by atoms with van der Waals surface area (Å²) in [6, 6.07) is 7.21. The molecule has 0 aliphatic heterocycles. The molecule has 0 aliphatic rings. The van der Waals surface area contributed by atoms with Crippen LogP contribution in [0.1, 0.15) is 108 Å². The maximum atomic E-state index is 13.8. The van der Waals surface area contributed by atoms with Crippen LogP contribution in [0.5, 0.6) is 0 Å². The number of carbonyl (C=O) groups excluding carboxylic acids is 1. The molecule has 0 fully saturated rings. The molecule has 1 aromatic carbocycles. The van der Waals surface area contributed by atoms with Gasteiger partial charge in [0.1, 0.15) is 0 Å². The zero-order chi connectivity index (χ0) is 22.6. The maximum absolute atomic E-state index is 13.8. The monoisotopic (exact) mass is 439 g/mol. The molecule has 0 aliphatic carbocycles. The van der Waals surface area contributed by atoms with Gasteiger partial charge in [0.05, 0.1) is 6.16 Å². The summed E-state index contributed by atoms with van der Waals surface area (Å²) in [4.78, 5) is 34.8. The van der Waals surface area contributed by atoms with Crippen molar-refractivity contribution in [2.45, 2.75) is 110 Å². The summed E-state index contributed by atoms with van der Waals surface area (Å²) in [5.74, 6) is -0.0780. The van der Waals surface area contributed by atoms with Crippen LogP contribution < -0.4 is 0 Å². The molecule has 6 heteroatoms. The van der Waals surface area contributed by atoms with Gasteiger partial charge in [-0.25, -0.2) is 0 Å². The van der Waals surface area contributed by atoms with E-state index in [4.69, 9.17) is 0 Å². The van der Waals surface area contributed by atoms with Crippen molar-refractivity contribution in [1.82, 2.24) is 4.90 Å². The molecule has 0 saturated heterocycles. The van der Waals surface area contributed by atoms with Crippen LogP contribution in [-0.2, 0) is 10.7 Å². The minimum Gasteiger partial charge on any atom is -0.333 e. The van der Waals surface area contributed by atoms with Crippen LogP contribution in [0.3, 0.4) is 0 Å². The number of amides is 1. The van der Waals surface area contributed by atoms with E-state index in [1.54, 1.807) is 24.3 Å². The summed E-state index contributed by atoms with van der Waals surface area (Å²) >= 11 is 0. The SMILES string of the molecule is CCCCCC(CC)N(C(=O)c1ccccc1CP(=O)(O)O)C(CC)CCCCC. The summed E-state index contributed by atoms with van der Waals surface area (Å²) < 4.78 is 11.6. The van der Waals surface area contributed by atoms with E-state index in [1.165, 1.54) is 0 Å². The third kappa shape index (κ3) is 8.91. The van der Waals surface area contributed by atoms with Gasteiger partial charge in [-0.3, -0.25) is 9.36 Å². The van der Waals surface area contributed by atoms with E-state index in [9.17, 15) is 19.1 Å². The van der Waals surface area contributed by atoms with Crippen molar-refractivity contribution in [2.75, 3.05) is 0 Å². The Morgan fingerprint density at radius 3 is 1.83 bits per heavy atom. The highest BCUT2D eigenvalue weighted by Crippen LogP contribution is 2.40. The van der Waals surface area contributed by atoms with Gasteiger partial charge in [0, 0.05) is 17.6 Å². The van der Waals surface area contributed by atoms with Gasteiger partial charge in [-0.05, 0) is 37.3 Å². The van der Waals surface area contributed by atoms with Crippen LogP contribution >= 0.6 is 7.60 Å². The molecule has 172 valence electrons. The highest BCUT2D eigenvalue weighted by molar-refractivity contribution is 7.50. The van der Waals surface area contributed by atoms with Gasteiger partial charge in [0.15, 0.2) is 0 Å². The molecule has 0 spiro atoms. The van der Waals surface area contributed by atoms with Gasteiger partial charge in [0.2, 0.25) is 0 Å². The Morgan fingerprint density at radius 2 is 1.40 bits per heavy atom. The van der Waals surface area contributed by atoms with Crippen LogP contribution in [-0.4, -0.2) is 32.7 Å². The van der Waals surface area contributed by atoms with Crippen LogP contribution in [0.4, 0.5) is 0 Å². The van der Waals surface area contributed by atoms with Gasteiger partial charge < -0.3 is 14.7 Å². The first-order chi connectivity index (χ1) is 14.3. The molecule has 0 aromatic heterocycles. The van der Waals surface area contributed by atoms with E-state index >= 15 is 0 Å². The van der Waals surface area contributed by atoms with Crippen molar-refractivity contribution in [3.63, 3.8) is 0 Å². The zero-order valence-electron chi connectivity index (χ0n) is 19.3. The lowest BCUT2D eigenvalue weighted by Crippen LogP contribution is -2.47. The number of unbranched alkanes of at least 4 members (excludes halogenated alkanes) is 4. The molecule has 0 bridgehead atoms. The van der Waals surface area contributed by atoms with E-state index in [0.717, 1.165) is 64.2 Å². The van der Waals surface area contributed by atoms with Crippen molar-refractivity contribution in [3.05, 3.63) is 35.4 Å². The molecule has 0 heterocycles.